The normalized spacial score (nSPS) is 12.4. The molecular weight excluding hydrogens is 322 g/mol. The maximum absolute atomic E-state index is 12.5. The van der Waals surface area contributed by atoms with E-state index in [0.717, 1.165) is 0 Å². The number of esters is 1. The largest absolute Gasteiger partial charge is 0.459 e. The van der Waals surface area contributed by atoms with Crippen LogP contribution in [0.25, 0.3) is 10.9 Å². The van der Waals surface area contributed by atoms with Gasteiger partial charge in [-0.25, -0.2) is 0 Å². The molecule has 0 bridgehead atoms. The Morgan fingerprint density at radius 2 is 2.12 bits per heavy atom. The predicted octanol–water partition coefficient (Wildman–Crippen LogP) is 3.85. The predicted molar refractivity (Wildman–Crippen MR) is 92.0 cm³/mol. The molecule has 2 aromatic rings. The molecule has 0 N–H and O–H groups in total. The van der Waals surface area contributed by atoms with E-state index in [9.17, 15) is 20.2 Å². The third-order valence-electron chi connectivity index (χ3n) is 3.69. The Morgan fingerprint density at radius 3 is 2.64 bits per heavy atom. The van der Waals surface area contributed by atoms with Crippen LogP contribution in [0.2, 0.25) is 0 Å². The average Bonchev–Trinajstić information content (AvgIpc) is 2.52. The van der Waals surface area contributed by atoms with Gasteiger partial charge in [-0.05, 0) is 33.3 Å². The molecule has 7 nitrogen and oxygen atoms in total. The Labute approximate surface area is 145 Å². The molecule has 1 aromatic heterocycles. The molecule has 25 heavy (non-hydrogen) atoms. The topological polar surface area (TPSA) is 106 Å². The number of rotatable bonds is 4. The molecule has 1 atom stereocenters. The molecule has 0 saturated heterocycles. The molecule has 1 heterocycles. The van der Waals surface area contributed by atoms with E-state index in [1.807, 2.05) is 6.07 Å². The third-order valence-corrected chi connectivity index (χ3v) is 3.69. The van der Waals surface area contributed by atoms with E-state index < -0.39 is 22.4 Å². The Hall–Kier alpha value is -3.01. The Bertz CT molecular complexity index is 878. The molecule has 0 spiro atoms. The molecule has 0 fully saturated rings. The minimum Gasteiger partial charge on any atom is -0.459 e. The van der Waals surface area contributed by atoms with Crippen LogP contribution in [0, 0.1) is 21.4 Å². The van der Waals surface area contributed by atoms with Gasteiger partial charge in [0.05, 0.1) is 27.3 Å². The second kappa shape index (κ2) is 6.85. The highest BCUT2D eigenvalue weighted by Gasteiger charge is 2.30. The van der Waals surface area contributed by atoms with Gasteiger partial charge in [0, 0.05) is 17.8 Å². The summed E-state index contributed by atoms with van der Waals surface area (Å²) in [5.41, 5.74) is -0.0971. The van der Waals surface area contributed by atoms with Gasteiger partial charge in [-0.3, -0.25) is 19.9 Å². The Balaban J connectivity index is 2.69. The summed E-state index contributed by atoms with van der Waals surface area (Å²) in [5.74, 6) is -1.20. The summed E-state index contributed by atoms with van der Waals surface area (Å²) in [4.78, 5) is 27.5. The lowest BCUT2D eigenvalue weighted by atomic mass is 9.91. The lowest BCUT2D eigenvalue weighted by Gasteiger charge is -2.24. The number of carbonyl (C=O) groups excluding carboxylic acids is 1. The summed E-state index contributed by atoms with van der Waals surface area (Å²) >= 11 is 0. The van der Waals surface area contributed by atoms with Crippen molar-refractivity contribution in [3.8, 4) is 6.07 Å². The highest BCUT2D eigenvalue weighted by Crippen LogP contribution is 2.34. The maximum Gasteiger partial charge on any atom is 0.314 e. The minimum atomic E-state index is -0.717. The van der Waals surface area contributed by atoms with Gasteiger partial charge in [0.15, 0.2) is 0 Å². The van der Waals surface area contributed by atoms with Gasteiger partial charge in [0.2, 0.25) is 0 Å². The van der Waals surface area contributed by atoms with E-state index in [4.69, 9.17) is 4.74 Å². The number of nitriles is 1. The SMILES string of the molecule is CCC(C(=O)OC(C)(C)C)c1cnc2cccc([N+](=O)[O-])c2c1C#N. The summed E-state index contributed by atoms with van der Waals surface area (Å²) in [6, 6.07) is 6.45. The number of nitro groups is 1. The van der Waals surface area contributed by atoms with Crippen LogP contribution in [-0.2, 0) is 9.53 Å². The van der Waals surface area contributed by atoms with Crippen molar-refractivity contribution in [3.63, 3.8) is 0 Å². The number of carbonyl (C=O) groups is 1. The van der Waals surface area contributed by atoms with Gasteiger partial charge in [-0.1, -0.05) is 13.0 Å². The molecule has 1 unspecified atom stereocenters. The van der Waals surface area contributed by atoms with E-state index in [2.05, 4.69) is 4.98 Å². The number of nitrogens with zero attached hydrogens (tertiary/aromatic N) is 3. The number of nitro benzene ring substituents is 1. The standard InChI is InChI=1S/C18H19N3O4/c1-5-11(17(22)25-18(2,3)4)13-10-20-14-7-6-8-15(21(23)24)16(14)12(13)9-19/h6-8,10-11H,5H2,1-4H3. The van der Waals surface area contributed by atoms with Crippen molar-refractivity contribution in [1.29, 1.82) is 5.26 Å². The molecule has 2 rings (SSSR count). The van der Waals surface area contributed by atoms with Crippen molar-refractivity contribution in [3.05, 3.63) is 45.6 Å². The summed E-state index contributed by atoms with van der Waals surface area (Å²) in [6.45, 7) is 7.06. The second-order valence-corrected chi connectivity index (χ2v) is 6.62. The quantitative estimate of drug-likeness (QED) is 0.475. The number of non-ortho nitro benzene ring substituents is 1. The van der Waals surface area contributed by atoms with Crippen LogP contribution in [0.5, 0.6) is 0 Å². The summed E-state index contributed by atoms with van der Waals surface area (Å²) < 4.78 is 5.42. The lowest BCUT2D eigenvalue weighted by molar-refractivity contribution is -0.383. The number of benzene rings is 1. The van der Waals surface area contributed by atoms with E-state index in [-0.39, 0.29) is 16.6 Å². The second-order valence-electron chi connectivity index (χ2n) is 6.62. The zero-order chi connectivity index (χ0) is 18.8. The van der Waals surface area contributed by atoms with Crippen molar-refractivity contribution in [1.82, 2.24) is 4.98 Å². The van der Waals surface area contributed by atoms with Crippen LogP contribution in [0.4, 0.5) is 5.69 Å². The van der Waals surface area contributed by atoms with E-state index in [1.54, 1.807) is 33.8 Å². The highest BCUT2D eigenvalue weighted by molar-refractivity contribution is 5.95. The first-order chi connectivity index (χ1) is 11.7. The molecule has 0 saturated carbocycles. The molecule has 0 aliphatic rings. The zero-order valence-electron chi connectivity index (χ0n) is 14.6. The van der Waals surface area contributed by atoms with Crippen molar-refractivity contribution < 1.29 is 14.5 Å². The summed E-state index contributed by atoms with van der Waals surface area (Å²) in [5, 5.41) is 21.1. The molecule has 0 radical (unpaired) electrons. The van der Waals surface area contributed by atoms with Crippen LogP contribution < -0.4 is 0 Å². The number of aromatic nitrogens is 1. The van der Waals surface area contributed by atoms with Crippen LogP contribution in [0.1, 0.15) is 51.2 Å². The minimum absolute atomic E-state index is 0.0926. The van der Waals surface area contributed by atoms with Crippen molar-refractivity contribution >= 4 is 22.6 Å². The van der Waals surface area contributed by atoms with Gasteiger partial charge in [0.25, 0.3) is 5.69 Å². The fourth-order valence-corrected chi connectivity index (χ4v) is 2.66. The molecule has 0 aliphatic heterocycles. The Morgan fingerprint density at radius 1 is 1.44 bits per heavy atom. The van der Waals surface area contributed by atoms with Gasteiger partial charge >= 0.3 is 5.97 Å². The van der Waals surface area contributed by atoms with Gasteiger partial charge < -0.3 is 4.74 Å². The van der Waals surface area contributed by atoms with Crippen LogP contribution >= 0.6 is 0 Å². The number of pyridine rings is 1. The average molecular weight is 341 g/mol. The number of hydrogen-bond acceptors (Lipinski definition) is 6. The van der Waals surface area contributed by atoms with Gasteiger partial charge in [-0.2, -0.15) is 5.26 Å². The van der Waals surface area contributed by atoms with Gasteiger partial charge in [0.1, 0.15) is 11.7 Å². The Kier molecular flexibility index (Phi) is 5.02. The first-order valence-electron chi connectivity index (χ1n) is 7.88. The first kappa shape index (κ1) is 18.3. The van der Waals surface area contributed by atoms with Crippen LogP contribution in [-0.4, -0.2) is 21.5 Å². The summed E-state index contributed by atoms with van der Waals surface area (Å²) in [6.07, 6.45) is 1.82. The fourth-order valence-electron chi connectivity index (χ4n) is 2.66. The van der Waals surface area contributed by atoms with Crippen molar-refractivity contribution in [2.75, 3.05) is 0 Å². The molecule has 1 aromatic carbocycles. The van der Waals surface area contributed by atoms with E-state index in [1.165, 1.54) is 18.3 Å². The number of ether oxygens (including phenoxy) is 1. The zero-order valence-corrected chi connectivity index (χ0v) is 14.6. The summed E-state index contributed by atoms with van der Waals surface area (Å²) in [7, 11) is 0. The smallest absolute Gasteiger partial charge is 0.314 e. The first-order valence-corrected chi connectivity index (χ1v) is 7.88. The number of fused-ring (bicyclic) bond motifs is 1. The molecule has 130 valence electrons. The van der Waals surface area contributed by atoms with E-state index >= 15 is 0 Å². The number of hydrogen-bond donors (Lipinski definition) is 0. The molecule has 7 heteroatoms. The van der Waals surface area contributed by atoms with Crippen LogP contribution in [0.15, 0.2) is 24.4 Å². The molecule has 0 aliphatic carbocycles. The maximum atomic E-state index is 12.5. The fraction of sp³-hybridized carbons (Fsp3) is 0.389. The van der Waals surface area contributed by atoms with Gasteiger partial charge in [-0.15, -0.1) is 0 Å². The third kappa shape index (κ3) is 3.74. The van der Waals surface area contributed by atoms with Crippen LogP contribution in [0.3, 0.4) is 0 Å². The molecular formula is C18H19N3O4. The lowest BCUT2D eigenvalue weighted by Crippen LogP contribution is -2.28. The molecule has 0 amide bonds. The van der Waals surface area contributed by atoms with Crippen molar-refractivity contribution in [2.45, 2.75) is 45.6 Å². The van der Waals surface area contributed by atoms with Crippen molar-refractivity contribution in [2.24, 2.45) is 0 Å². The van der Waals surface area contributed by atoms with E-state index in [0.29, 0.717) is 17.5 Å². The monoisotopic (exact) mass is 341 g/mol. The highest BCUT2D eigenvalue weighted by atomic mass is 16.6.